The number of imidazole rings is 1. The molecule has 0 saturated carbocycles. The number of hydrogen-bond acceptors (Lipinski definition) is 3. The van der Waals surface area contributed by atoms with E-state index in [1.165, 1.54) is 11.1 Å². The molecule has 3 rings (SSSR count). The summed E-state index contributed by atoms with van der Waals surface area (Å²) in [5.74, 6) is 1.07. The zero-order chi connectivity index (χ0) is 12.7. The molecule has 1 unspecified atom stereocenters. The van der Waals surface area contributed by atoms with Crippen LogP contribution in [0.25, 0.3) is 11.0 Å². The first-order valence-electron chi connectivity index (χ1n) is 6.51. The maximum absolute atomic E-state index is 4.55. The van der Waals surface area contributed by atoms with E-state index in [0.717, 1.165) is 31.0 Å². The summed E-state index contributed by atoms with van der Waals surface area (Å²) >= 11 is 0. The number of fused-ring (bicyclic) bond motifs is 1. The van der Waals surface area contributed by atoms with Gasteiger partial charge in [-0.15, -0.1) is 0 Å². The molecule has 1 aliphatic rings. The average molecular weight is 244 g/mol. The Bertz CT molecular complexity index is 572. The second-order valence-corrected chi connectivity index (χ2v) is 5.17. The van der Waals surface area contributed by atoms with Crippen LogP contribution in [0.5, 0.6) is 0 Å². The Morgan fingerprint density at radius 2 is 2.17 bits per heavy atom. The van der Waals surface area contributed by atoms with Crippen molar-refractivity contribution in [2.75, 3.05) is 26.7 Å². The normalized spacial score (nSPS) is 21.6. The van der Waals surface area contributed by atoms with Gasteiger partial charge in [0.25, 0.3) is 0 Å². The van der Waals surface area contributed by atoms with Gasteiger partial charge in [-0.2, -0.15) is 0 Å². The molecule has 1 aromatic heterocycles. The van der Waals surface area contributed by atoms with Gasteiger partial charge in [-0.3, -0.25) is 4.90 Å². The number of rotatable bonds is 1. The van der Waals surface area contributed by atoms with Gasteiger partial charge in [0.1, 0.15) is 5.82 Å². The summed E-state index contributed by atoms with van der Waals surface area (Å²) in [4.78, 5) is 6.97. The average Bonchev–Trinajstić information content (AvgIpc) is 2.66. The van der Waals surface area contributed by atoms with Gasteiger partial charge in [0.2, 0.25) is 0 Å². The van der Waals surface area contributed by atoms with E-state index in [-0.39, 0.29) is 0 Å². The first kappa shape index (κ1) is 11.7. The van der Waals surface area contributed by atoms with Crippen LogP contribution >= 0.6 is 0 Å². The highest BCUT2D eigenvalue weighted by Gasteiger charge is 2.20. The van der Waals surface area contributed by atoms with Crippen molar-refractivity contribution in [1.82, 2.24) is 19.8 Å². The molecule has 0 bridgehead atoms. The SMILES string of the molecule is Cc1nc2ccc(C3CNCCN3C)cc2n1C. The fraction of sp³-hybridized carbons (Fsp3) is 0.500. The molecule has 2 aromatic rings. The zero-order valence-electron chi connectivity index (χ0n) is 11.3. The van der Waals surface area contributed by atoms with Gasteiger partial charge < -0.3 is 9.88 Å². The van der Waals surface area contributed by atoms with Crippen LogP contribution in [0.4, 0.5) is 0 Å². The maximum Gasteiger partial charge on any atom is 0.106 e. The van der Waals surface area contributed by atoms with E-state index < -0.39 is 0 Å². The van der Waals surface area contributed by atoms with Crippen molar-refractivity contribution in [1.29, 1.82) is 0 Å². The molecule has 96 valence electrons. The fourth-order valence-electron chi connectivity index (χ4n) is 2.71. The Labute approximate surface area is 108 Å². The van der Waals surface area contributed by atoms with Crippen LogP contribution in [0.3, 0.4) is 0 Å². The van der Waals surface area contributed by atoms with E-state index in [1.54, 1.807) is 0 Å². The van der Waals surface area contributed by atoms with Crippen molar-refractivity contribution < 1.29 is 0 Å². The minimum Gasteiger partial charge on any atom is -0.331 e. The molecule has 2 heterocycles. The second kappa shape index (κ2) is 4.37. The van der Waals surface area contributed by atoms with E-state index in [1.807, 2.05) is 6.92 Å². The van der Waals surface area contributed by atoms with Crippen molar-refractivity contribution in [2.45, 2.75) is 13.0 Å². The molecule has 1 fully saturated rings. The summed E-state index contributed by atoms with van der Waals surface area (Å²) in [5.41, 5.74) is 3.69. The highest BCUT2D eigenvalue weighted by atomic mass is 15.2. The third kappa shape index (κ3) is 1.82. The number of likely N-dealkylation sites (N-methyl/N-ethyl adjacent to an activating group) is 1. The van der Waals surface area contributed by atoms with Gasteiger partial charge in [-0.05, 0) is 31.7 Å². The van der Waals surface area contributed by atoms with Crippen LogP contribution in [-0.4, -0.2) is 41.1 Å². The van der Waals surface area contributed by atoms with E-state index in [0.29, 0.717) is 6.04 Å². The molecular weight excluding hydrogens is 224 g/mol. The largest absolute Gasteiger partial charge is 0.331 e. The first-order valence-corrected chi connectivity index (χ1v) is 6.51. The third-order valence-electron chi connectivity index (χ3n) is 4.02. The monoisotopic (exact) mass is 244 g/mol. The Morgan fingerprint density at radius 3 is 2.94 bits per heavy atom. The van der Waals surface area contributed by atoms with Crippen molar-refractivity contribution in [2.24, 2.45) is 7.05 Å². The fourth-order valence-corrected chi connectivity index (χ4v) is 2.71. The van der Waals surface area contributed by atoms with Gasteiger partial charge in [0.05, 0.1) is 11.0 Å². The highest BCUT2D eigenvalue weighted by molar-refractivity contribution is 5.77. The van der Waals surface area contributed by atoms with E-state index in [9.17, 15) is 0 Å². The summed E-state index contributed by atoms with van der Waals surface area (Å²) < 4.78 is 2.16. The molecule has 1 N–H and O–H groups in total. The number of aromatic nitrogens is 2. The minimum atomic E-state index is 0.471. The number of nitrogens with one attached hydrogen (secondary N) is 1. The number of hydrogen-bond donors (Lipinski definition) is 1. The summed E-state index contributed by atoms with van der Waals surface area (Å²) in [6, 6.07) is 7.10. The topological polar surface area (TPSA) is 33.1 Å². The van der Waals surface area contributed by atoms with Crippen molar-refractivity contribution >= 4 is 11.0 Å². The van der Waals surface area contributed by atoms with Crippen LogP contribution in [0.15, 0.2) is 18.2 Å². The number of nitrogens with zero attached hydrogens (tertiary/aromatic N) is 3. The van der Waals surface area contributed by atoms with Gasteiger partial charge in [0, 0.05) is 32.7 Å². The van der Waals surface area contributed by atoms with E-state index in [4.69, 9.17) is 0 Å². The Kier molecular flexibility index (Phi) is 2.84. The molecule has 4 nitrogen and oxygen atoms in total. The van der Waals surface area contributed by atoms with Gasteiger partial charge in [-0.25, -0.2) is 4.98 Å². The van der Waals surface area contributed by atoms with Crippen molar-refractivity contribution in [3.05, 3.63) is 29.6 Å². The lowest BCUT2D eigenvalue weighted by atomic mass is 10.0. The van der Waals surface area contributed by atoms with Crippen molar-refractivity contribution in [3.63, 3.8) is 0 Å². The predicted octanol–water partition coefficient (Wildman–Crippen LogP) is 1.46. The smallest absolute Gasteiger partial charge is 0.106 e. The van der Waals surface area contributed by atoms with Crippen LogP contribution in [0.1, 0.15) is 17.4 Å². The molecular formula is C14H20N4. The number of piperazine rings is 1. The molecule has 1 aromatic carbocycles. The third-order valence-corrected chi connectivity index (χ3v) is 4.02. The Hall–Kier alpha value is -1.39. The lowest BCUT2D eigenvalue weighted by molar-refractivity contribution is 0.202. The number of aryl methyl sites for hydroxylation is 2. The van der Waals surface area contributed by atoms with Crippen LogP contribution in [0.2, 0.25) is 0 Å². The molecule has 0 spiro atoms. The Morgan fingerprint density at radius 1 is 1.33 bits per heavy atom. The lowest BCUT2D eigenvalue weighted by Gasteiger charge is -2.33. The van der Waals surface area contributed by atoms with Gasteiger partial charge in [0.15, 0.2) is 0 Å². The molecule has 0 amide bonds. The zero-order valence-corrected chi connectivity index (χ0v) is 11.3. The Balaban J connectivity index is 2.04. The van der Waals surface area contributed by atoms with E-state index in [2.05, 4.69) is 52.1 Å². The van der Waals surface area contributed by atoms with Crippen molar-refractivity contribution in [3.8, 4) is 0 Å². The predicted molar refractivity (Wildman–Crippen MR) is 73.7 cm³/mol. The second-order valence-electron chi connectivity index (χ2n) is 5.17. The molecule has 1 atom stereocenters. The summed E-state index contributed by atoms with van der Waals surface area (Å²) in [7, 11) is 4.28. The maximum atomic E-state index is 4.55. The quantitative estimate of drug-likeness (QED) is 0.824. The summed E-state index contributed by atoms with van der Waals surface area (Å²) in [6.07, 6.45) is 0. The molecule has 1 aliphatic heterocycles. The van der Waals surface area contributed by atoms with Crippen LogP contribution < -0.4 is 5.32 Å². The number of benzene rings is 1. The molecule has 4 heteroatoms. The molecule has 0 radical (unpaired) electrons. The molecule has 1 saturated heterocycles. The lowest BCUT2D eigenvalue weighted by Crippen LogP contribution is -2.43. The summed E-state index contributed by atoms with van der Waals surface area (Å²) in [6.45, 7) is 5.26. The molecule has 0 aliphatic carbocycles. The van der Waals surface area contributed by atoms with Gasteiger partial charge in [-0.1, -0.05) is 6.07 Å². The molecule has 18 heavy (non-hydrogen) atoms. The van der Waals surface area contributed by atoms with Crippen LogP contribution in [0, 0.1) is 6.92 Å². The first-order chi connectivity index (χ1) is 8.66. The van der Waals surface area contributed by atoms with E-state index >= 15 is 0 Å². The van der Waals surface area contributed by atoms with Crippen LogP contribution in [-0.2, 0) is 7.05 Å². The highest BCUT2D eigenvalue weighted by Crippen LogP contribution is 2.24. The summed E-state index contributed by atoms with van der Waals surface area (Å²) in [5, 5.41) is 3.47. The minimum absolute atomic E-state index is 0.471. The van der Waals surface area contributed by atoms with Gasteiger partial charge >= 0.3 is 0 Å². The standard InChI is InChI=1S/C14H20N4/c1-10-16-12-5-4-11(8-13(12)18(10)3)14-9-15-6-7-17(14)2/h4-5,8,14-15H,6-7,9H2,1-3H3.